The summed E-state index contributed by atoms with van der Waals surface area (Å²) in [5.41, 5.74) is 2.48. The van der Waals surface area contributed by atoms with Crippen molar-refractivity contribution in [2.45, 2.75) is 13.0 Å². The summed E-state index contributed by atoms with van der Waals surface area (Å²) in [5.74, 6) is 6.58. The molecule has 0 aromatic heterocycles. The Morgan fingerprint density at radius 2 is 1.86 bits per heavy atom. The zero-order valence-corrected chi connectivity index (χ0v) is 11.5. The van der Waals surface area contributed by atoms with Crippen LogP contribution in [-0.2, 0) is 6.61 Å². The second kappa shape index (κ2) is 7.75. The number of hydrogen-bond donors (Lipinski definition) is 1. The maximum Gasteiger partial charge on any atom is 0.119 e. The molecule has 0 fully saturated rings. The average molecular weight is 277 g/mol. The molecule has 0 saturated carbocycles. The third-order valence-electron chi connectivity index (χ3n) is 2.79. The third kappa shape index (κ3) is 4.69. The fourth-order valence-corrected chi connectivity index (χ4v) is 1.75. The van der Waals surface area contributed by atoms with Crippen LogP contribution in [0.5, 0.6) is 5.75 Å². The van der Waals surface area contributed by atoms with Gasteiger partial charge in [0.1, 0.15) is 12.4 Å². The Bertz CT molecular complexity index is 688. The molecule has 2 aromatic rings. The Kier molecular flexibility index (Phi) is 5.41. The maximum atomic E-state index is 8.85. The lowest BCUT2D eigenvalue weighted by Gasteiger charge is -2.06. The van der Waals surface area contributed by atoms with E-state index in [1.807, 2.05) is 42.5 Å². The highest BCUT2D eigenvalue weighted by Crippen LogP contribution is 2.14. The molecule has 0 spiro atoms. The molecule has 3 heteroatoms. The first-order valence-corrected chi connectivity index (χ1v) is 6.63. The van der Waals surface area contributed by atoms with E-state index in [2.05, 4.69) is 17.9 Å². The Balaban J connectivity index is 1.95. The van der Waals surface area contributed by atoms with E-state index in [4.69, 9.17) is 15.1 Å². The molecule has 21 heavy (non-hydrogen) atoms. The molecule has 0 saturated heterocycles. The molecule has 0 radical (unpaired) electrons. The molecule has 104 valence electrons. The average Bonchev–Trinajstić information content (AvgIpc) is 2.54. The molecule has 0 bridgehead atoms. The van der Waals surface area contributed by atoms with Crippen LogP contribution in [0.3, 0.4) is 0 Å². The summed E-state index contributed by atoms with van der Waals surface area (Å²) in [6, 6.07) is 16.9. The number of aliphatic hydroxyl groups is 1. The summed E-state index contributed by atoms with van der Waals surface area (Å²) in [6.45, 7) is 0.501. The molecule has 2 rings (SSSR count). The van der Waals surface area contributed by atoms with Crippen LogP contribution in [0.25, 0.3) is 0 Å². The van der Waals surface area contributed by atoms with Gasteiger partial charge in [0.2, 0.25) is 0 Å². The summed E-state index contributed by atoms with van der Waals surface area (Å²) in [6.07, 6.45) is 0.480. The van der Waals surface area contributed by atoms with Crippen molar-refractivity contribution in [2.75, 3.05) is 6.61 Å². The zero-order valence-electron chi connectivity index (χ0n) is 11.5. The van der Waals surface area contributed by atoms with E-state index in [0.717, 1.165) is 16.9 Å². The van der Waals surface area contributed by atoms with Crippen molar-refractivity contribution in [2.24, 2.45) is 0 Å². The molecular formula is C18H15NO2. The van der Waals surface area contributed by atoms with Crippen LogP contribution in [0.1, 0.15) is 23.1 Å². The van der Waals surface area contributed by atoms with Gasteiger partial charge in [0.25, 0.3) is 0 Å². The minimum atomic E-state index is 0.0793. The Labute approximate surface area is 124 Å². The predicted octanol–water partition coefficient (Wildman–Crippen LogP) is 2.87. The molecular weight excluding hydrogens is 262 g/mol. The quantitative estimate of drug-likeness (QED) is 0.874. The van der Waals surface area contributed by atoms with E-state index in [0.29, 0.717) is 18.6 Å². The van der Waals surface area contributed by atoms with Crippen LogP contribution in [-0.4, -0.2) is 11.7 Å². The Morgan fingerprint density at radius 3 is 2.57 bits per heavy atom. The molecule has 0 aliphatic heterocycles. The normalized spacial score (nSPS) is 9.33. The van der Waals surface area contributed by atoms with Crippen molar-refractivity contribution in [3.05, 3.63) is 65.2 Å². The largest absolute Gasteiger partial charge is 0.489 e. The van der Waals surface area contributed by atoms with Gasteiger partial charge in [-0.25, -0.2) is 0 Å². The van der Waals surface area contributed by atoms with Gasteiger partial charge in [-0.3, -0.25) is 0 Å². The Morgan fingerprint density at radius 1 is 1.05 bits per heavy atom. The highest BCUT2D eigenvalue weighted by Gasteiger charge is 1.98. The van der Waals surface area contributed by atoms with Crippen LogP contribution < -0.4 is 4.74 Å². The highest BCUT2D eigenvalue weighted by molar-refractivity contribution is 5.38. The smallest absolute Gasteiger partial charge is 0.119 e. The van der Waals surface area contributed by atoms with Gasteiger partial charge in [0, 0.05) is 12.0 Å². The van der Waals surface area contributed by atoms with Gasteiger partial charge in [0.05, 0.1) is 18.2 Å². The molecule has 3 nitrogen and oxygen atoms in total. The van der Waals surface area contributed by atoms with E-state index in [1.165, 1.54) is 0 Å². The number of nitriles is 1. The number of benzene rings is 2. The van der Waals surface area contributed by atoms with Gasteiger partial charge in [-0.1, -0.05) is 24.0 Å². The first kappa shape index (κ1) is 14.7. The van der Waals surface area contributed by atoms with Crippen molar-refractivity contribution in [1.29, 1.82) is 5.26 Å². The van der Waals surface area contributed by atoms with E-state index in [1.54, 1.807) is 6.07 Å². The standard InChI is InChI=1S/C18H15NO2/c19-13-16-5-3-6-17(12-16)14-21-18-9-7-15(8-10-18)4-1-2-11-20/h3,5-10,12,20H,2,11,14H2. The summed E-state index contributed by atoms with van der Waals surface area (Å²) < 4.78 is 5.67. The first-order chi connectivity index (χ1) is 10.3. The van der Waals surface area contributed by atoms with Crippen LogP contribution in [0.2, 0.25) is 0 Å². The van der Waals surface area contributed by atoms with Gasteiger partial charge >= 0.3 is 0 Å². The number of aliphatic hydroxyl groups excluding tert-OH is 1. The fourth-order valence-electron chi connectivity index (χ4n) is 1.75. The van der Waals surface area contributed by atoms with Crippen LogP contribution in [0.4, 0.5) is 0 Å². The third-order valence-corrected chi connectivity index (χ3v) is 2.79. The molecule has 0 aliphatic carbocycles. The van der Waals surface area contributed by atoms with Crippen LogP contribution >= 0.6 is 0 Å². The Hall–Kier alpha value is -2.75. The number of nitrogens with zero attached hydrogens (tertiary/aromatic N) is 1. The van der Waals surface area contributed by atoms with Gasteiger partial charge in [-0.2, -0.15) is 5.26 Å². The summed E-state index contributed by atoms with van der Waals surface area (Å²) in [5, 5.41) is 17.5. The zero-order chi connectivity index (χ0) is 14.9. The lowest BCUT2D eigenvalue weighted by Crippen LogP contribution is -1.95. The lowest BCUT2D eigenvalue weighted by molar-refractivity contribution is 0.305. The second-order valence-corrected chi connectivity index (χ2v) is 4.40. The molecule has 0 amide bonds. The highest BCUT2D eigenvalue weighted by atomic mass is 16.5. The van der Waals surface area contributed by atoms with Gasteiger partial charge in [-0.05, 0) is 42.0 Å². The minimum absolute atomic E-state index is 0.0793. The fraction of sp³-hybridized carbons (Fsp3) is 0.167. The number of hydrogen-bond acceptors (Lipinski definition) is 3. The first-order valence-electron chi connectivity index (χ1n) is 6.63. The maximum absolute atomic E-state index is 8.85. The van der Waals surface area contributed by atoms with Gasteiger partial charge < -0.3 is 9.84 Å². The molecule has 0 atom stereocenters. The van der Waals surface area contributed by atoms with E-state index >= 15 is 0 Å². The summed E-state index contributed by atoms with van der Waals surface area (Å²) in [4.78, 5) is 0. The SMILES string of the molecule is N#Cc1cccc(COc2ccc(C#CCCO)cc2)c1. The number of rotatable bonds is 4. The molecule has 2 aromatic carbocycles. The van der Waals surface area contributed by atoms with E-state index < -0.39 is 0 Å². The summed E-state index contributed by atoms with van der Waals surface area (Å²) in [7, 11) is 0. The molecule has 0 heterocycles. The van der Waals surface area contributed by atoms with E-state index in [-0.39, 0.29) is 6.61 Å². The molecule has 0 unspecified atom stereocenters. The molecule has 0 aliphatic rings. The van der Waals surface area contributed by atoms with Crippen LogP contribution in [0.15, 0.2) is 48.5 Å². The van der Waals surface area contributed by atoms with Gasteiger partial charge in [-0.15, -0.1) is 0 Å². The van der Waals surface area contributed by atoms with Crippen molar-refractivity contribution in [3.8, 4) is 23.7 Å². The minimum Gasteiger partial charge on any atom is -0.489 e. The van der Waals surface area contributed by atoms with Crippen molar-refractivity contribution in [1.82, 2.24) is 0 Å². The monoisotopic (exact) mass is 277 g/mol. The number of ether oxygens (including phenoxy) is 1. The lowest BCUT2D eigenvalue weighted by atomic mass is 10.1. The topological polar surface area (TPSA) is 53.2 Å². The summed E-state index contributed by atoms with van der Waals surface area (Å²) >= 11 is 0. The van der Waals surface area contributed by atoms with Crippen molar-refractivity contribution in [3.63, 3.8) is 0 Å². The molecule has 1 N–H and O–H groups in total. The van der Waals surface area contributed by atoms with E-state index in [9.17, 15) is 0 Å². The van der Waals surface area contributed by atoms with Crippen LogP contribution in [0, 0.1) is 23.2 Å². The van der Waals surface area contributed by atoms with Crippen molar-refractivity contribution >= 4 is 0 Å². The van der Waals surface area contributed by atoms with Crippen molar-refractivity contribution < 1.29 is 9.84 Å². The van der Waals surface area contributed by atoms with Gasteiger partial charge in [0.15, 0.2) is 0 Å². The second-order valence-electron chi connectivity index (χ2n) is 4.40. The predicted molar refractivity (Wildman–Crippen MR) is 80.5 cm³/mol.